The van der Waals surface area contributed by atoms with Crippen molar-refractivity contribution in [1.82, 2.24) is 0 Å². The number of hydrogen-bond donors (Lipinski definition) is 0. The summed E-state index contributed by atoms with van der Waals surface area (Å²) in [6.07, 6.45) is 5.90. The predicted molar refractivity (Wildman–Crippen MR) is 79.8 cm³/mol. The molecule has 4 atom stereocenters. The zero-order chi connectivity index (χ0) is 13.9. The molecule has 1 rings (SSSR count). The second kappa shape index (κ2) is 6.41. The van der Waals surface area contributed by atoms with Gasteiger partial charge in [-0.05, 0) is 43.9 Å². The van der Waals surface area contributed by atoms with Gasteiger partial charge in [0, 0.05) is 0 Å². The van der Waals surface area contributed by atoms with Crippen LogP contribution in [0.4, 0.5) is 0 Å². The Hall–Kier alpha value is -0.0400. The summed E-state index contributed by atoms with van der Waals surface area (Å²) in [5.41, 5.74) is 0.0375. The first-order valence-corrected chi connectivity index (χ1v) is 7.95. The summed E-state index contributed by atoms with van der Waals surface area (Å²) in [5.74, 6) is 3.14. The monoisotopic (exact) mass is 254 g/mol. The highest BCUT2D eigenvalue weighted by Gasteiger charge is 2.45. The number of ether oxygens (including phenoxy) is 1. The highest BCUT2D eigenvalue weighted by molar-refractivity contribution is 4.93. The minimum Gasteiger partial charge on any atom is -0.372 e. The molecule has 0 spiro atoms. The molecule has 0 saturated heterocycles. The predicted octanol–water partition coefficient (Wildman–Crippen LogP) is 5.29. The second-order valence-electron chi connectivity index (χ2n) is 7.38. The molecule has 0 aromatic heterocycles. The molecule has 0 heterocycles. The molecular weight excluding hydrogens is 220 g/mol. The van der Waals surface area contributed by atoms with Gasteiger partial charge < -0.3 is 4.74 Å². The summed E-state index contributed by atoms with van der Waals surface area (Å²) >= 11 is 0. The zero-order valence-electron chi connectivity index (χ0n) is 13.6. The van der Waals surface area contributed by atoms with E-state index in [1.165, 1.54) is 25.7 Å². The van der Waals surface area contributed by atoms with Crippen LogP contribution in [-0.4, -0.2) is 11.7 Å². The first kappa shape index (κ1) is 16.0. The second-order valence-corrected chi connectivity index (χ2v) is 7.38. The molecule has 1 aliphatic rings. The van der Waals surface area contributed by atoms with E-state index in [0.29, 0.717) is 12.0 Å². The molecule has 0 amide bonds. The van der Waals surface area contributed by atoms with Gasteiger partial charge in [0.1, 0.15) is 0 Å². The van der Waals surface area contributed by atoms with Crippen LogP contribution in [0.2, 0.25) is 0 Å². The highest BCUT2D eigenvalue weighted by atomic mass is 16.5. The molecule has 0 aliphatic heterocycles. The van der Waals surface area contributed by atoms with Gasteiger partial charge in [-0.2, -0.15) is 0 Å². The number of hydrogen-bond acceptors (Lipinski definition) is 1. The lowest BCUT2D eigenvalue weighted by Crippen LogP contribution is -2.32. The Labute approximate surface area is 115 Å². The van der Waals surface area contributed by atoms with E-state index >= 15 is 0 Å². The van der Waals surface area contributed by atoms with Gasteiger partial charge in [0.15, 0.2) is 0 Å². The third kappa shape index (κ3) is 4.57. The molecule has 4 unspecified atom stereocenters. The largest absolute Gasteiger partial charge is 0.372 e. The lowest BCUT2D eigenvalue weighted by atomic mass is 9.93. The Morgan fingerprint density at radius 1 is 1.11 bits per heavy atom. The Balaban J connectivity index is 2.27. The smallest absolute Gasteiger partial charge is 0.0653 e. The zero-order valence-corrected chi connectivity index (χ0v) is 13.6. The van der Waals surface area contributed by atoms with Crippen LogP contribution in [0, 0.1) is 23.7 Å². The Kier molecular flexibility index (Phi) is 5.70. The first-order valence-electron chi connectivity index (χ1n) is 7.95. The lowest BCUT2D eigenvalue weighted by Gasteiger charge is -2.30. The molecule has 18 heavy (non-hydrogen) atoms. The van der Waals surface area contributed by atoms with E-state index in [-0.39, 0.29) is 5.60 Å². The first-order chi connectivity index (χ1) is 8.27. The standard InChI is InChI=1S/C17H34O/c1-8-13(4)9-10-14(5)15-11-16(15)18-17(6,7)12(2)3/h12-16H,8-11H2,1-7H3. The molecule has 1 nitrogen and oxygen atoms in total. The maximum absolute atomic E-state index is 6.28. The summed E-state index contributed by atoms with van der Waals surface area (Å²) in [4.78, 5) is 0. The third-order valence-electron chi connectivity index (χ3n) is 5.17. The van der Waals surface area contributed by atoms with Crippen LogP contribution >= 0.6 is 0 Å². The topological polar surface area (TPSA) is 9.23 Å². The summed E-state index contributed by atoms with van der Waals surface area (Å²) in [7, 11) is 0. The average Bonchev–Trinajstić information content (AvgIpc) is 3.03. The maximum Gasteiger partial charge on any atom is 0.0653 e. The SMILES string of the molecule is CCC(C)CCC(C)C1CC1OC(C)(C)C(C)C. The van der Waals surface area contributed by atoms with Crippen molar-refractivity contribution in [2.45, 2.75) is 85.9 Å². The third-order valence-corrected chi connectivity index (χ3v) is 5.17. The highest BCUT2D eigenvalue weighted by Crippen LogP contribution is 2.45. The van der Waals surface area contributed by atoms with E-state index in [4.69, 9.17) is 4.74 Å². The Bertz CT molecular complexity index is 244. The van der Waals surface area contributed by atoms with E-state index in [1.54, 1.807) is 0 Å². The molecule has 1 aliphatic carbocycles. The van der Waals surface area contributed by atoms with Gasteiger partial charge in [-0.1, -0.05) is 53.9 Å². The molecule has 1 fully saturated rings. The van der Waals surface area contributed by atoms with Crippen molar-refractivity contribution >= 4 is 0 Å². The molecule has 0 radical (unpaired) electrons. The van der Waals surface area contributed by atoms with E-state index in [2.05, 4.69) is 48.5 Å². The van der Waals surface area contributed by atoms with Crippen LogP contribution < -0.4 is 0 Å². The number of rotatable bonds is 8. The fourth-order valence-corrected chi connectivity index (χ4v) is 2.42. The maximum atomic E-state index is 6.28. The minimum atomic E-state index is 0.0375. The van der Waals surface area contributed by atoms with Gasteiger partial charge in [0.2, 0.25) is 0 Å². The summed E-state index contributed by atoms with van der Waals surface area (Å²) in [5, 5.41) is 0. The van der Waals surface area contributed by atoms with Crippen molar-refractivity contribution in [1.29, 1.82) is 0 Å². The van der Waals surface area contributed by atoms with Gasteiger partial charge in [0.05, 0.1) is 11.7 Å². The average molecular weight is 254 g/mol. The lowest BCUT2D eigenvalue weighted by molar-refractivity contribution is -0.0686. The molecule has 1 heteroatoms. The van der Waals surface area contributed by atoms with Gasteiger partial charge in [-0.3, -0.25) is 0 Å². The van der Waals surface area contributed by atoms with Gasteiger partial charge in [-0.15, -0.1) is 0 Å². The quantitative estimate of drug-likeness (QED) is 0.572. The molecular formula is C17H34O. The summed E-state index contributed by atoms with van der Waals surface area (Å²) in [6, 6.07) is 0. The van der Waals surface area contributed by atoms with Crippen molar-refractivity contribution < 1.29 is 4.74 Å². The Morgan fingerprint density at radius 3 is 2.22 bits per heavy atom. The molecule has 0 bridgehead atoms. The van der Waals surface area contributed by atoms with Crippen molar-refractivity contribution in [3.05, 3.63) is 0 Å². The van der Waals surface area contributed by atoms with Crippen LogP contribution in [0.5, 0.6) is 0 Å². The van der Waals surface area contributed by atoms with Crippen LogP contribution in [0.15, 0.2) is 0 Å². The normalized spacial score (nSPS) is 27.3. The van der Waals surface area contributed by atoms with E-state index in [1.807, 2.05) is 0 Å². The van der Waals surface area contributed by atoms with E-state index in [9.17, 15) is 0 Å². The fourth-order valence-electron chi connectivity index (χ4n) is 2.42. The van der Waals surface area contributed by atoms with Crippen molar-refractivity contribution in [2.24, 2.45) is 23.7 Å². The molecule has 0 aromatic rings. The van der Waals surface area contributed by atoms with Crippen LogP contribution in [0.3, 0.4) is 0 Å². The van der Waals surface area contributed by atoms with Crippen molar-refractivity contribution in [3.63, 3.8) is 0 Å². The molecule has 1 saturated carbocycles. The Morgan fingerprint density at radius 2 is 1.72 bits per heavy atom. The van der Waals surface area contributed by atoms with Crippen molar-refractivity contribution in [2.75, 3.05) is 0 Å². The summed E-state index contributed by atoms with van der Waals surface area (Å²) in [6.45, 7) is 16.1. The van der Waals surface area contributed by atoms with Crippen LogP contribution in [0.1, 0.15) is 74.1 Å². The van der Waals surface area contributed by atoms with Crippen LogP contribution in [0.25, 0.3) is 0 Å². The summed E-state index contributed by atoms with van der Waals surface area (Å²) < 4.78 is 6.28. The van der Waals surface area contributed by atoms with Gasteiger partial charge in [-0.25, -0.2) is 0 Å². The van der Waals surface area contributed by atoms with Crippen molar-refractivity contribution in [3.8, 4) is 0 Å². The minimum absolute atomic E-state index is 0.0375. The molecule has 0 N–H and O–H groups in total. The van der Waals surface area contributed by atoms with Gasteiger partial charge >= 0.3 is 0 Å². The van der Waals surface area contributed by atoms with E-state index in [0.717, 1.165) is 17.8 Å². The van der Waals surface area contributed by atoms with Gasteiger partial charge in [0.25, 0.3) is 0 Å². The van der Waals surface area contributed by atoms with E-state index < -0.39 is 0 Å². The fraction of sp³-hybridized carbons (Fsp3) is 1.00. The van der Waals surface area contributed by atoms with Crippen LogP contribution in [-0.2, 0) is 4.74 Å². The molecule has 108 valence electrons. The molecule has 0 aromatic carbocycles.